The number of urea groups is 1. The van der Waals surface area contributed by atoms with E-state index in [0.717, 1.165) is 23.2 Å². The second kappa shape index (κ2) is 5.44. The van der Waals surface area contributed by atoms with Gasteiger partial charge in [0, 0.05) is 23.7 Å². The third kappa shape index (κ3) is 2.56. The average Bonchev–Trinajstić information content (AvgIpc) is 3.25. The molecule has 3 amide bonds. The molecule has 1 aromatic heterocycles. The molecule has 24 heavy (non-hydrogen) atoms. The Morgan fingerprint density at radius 2 is 1.88 bits per heavy atom. The summed E-state index contributed by atoms with van der Waals surface area (Å²) >= 11 is 0. The Bertz CT molecular complexity index is 793. The Labute approximate surface area is 140 Å². The van der Waals surface area contributed by atoms with Gasteiger partial charge in [0.05, 0.1) is 12.2 Å². The number of aryl methyl sites for hydroxylation is 2. The van der Waals surface area contributed by atoms with Gasteiger partial charge in [0.15, 0.2) is 0 Å². The summed E-state index contributed by atoms with van der Waals surface area (Å²) in [7, 11) is 0. The van der Waals surface area contributed by atoms with Crippen molar-refractivity contribution >= 4 is 11.9 Å². The number of amides is 3. The van der Waals surface area contributed by atoms with E-state index in [9.17, 15) is 9.59 Å². The molecule has 1 aliphatic carbocycles. The smallest absolute Gasteiger partial charge is 0.324 e. The SMILES string of the molecule is Cc1cc(C)cc(-c2ccc(C3CC3N3C(=O)CNC3=O)cn2)c1. The van der Waals surface area contributed by atoms with Crippen molar-refractivity contribution < 1.29 is 9.59 Å². The standard InChI is InChI=1S/C19H19N3O2/c1-11-5-12(2)7-14(6-11)16-4-3-13(9-20-16)15-8-17(15)22-18(23)10-21-19(22)24/h3-7,9,15,17H,8,10H2,1-2H3,(H,21,24). The highest BCUT2D eigenvalue weighted by Gasteiger charge is 2.49. The second-order valence-electron chi connectivity index (χ2n) is 6.69. The van der Waals surface area contributed by atoms with Crippen LogP contribution in [0.2, 0.25) is 0 Å². The van der Waals surface area contributed by atoms with Crippen molar-refractivity contribution in [2.24, 2.45) is 0 Å². The zero-order valence-corrected chi connectivity index (χ0v) is 13.7. The minimum Gasteiger partial charge on any atom is -0.329 e. The quantitative estimate of drug-likeness (QED) is 0.884. The van der Waals surface area contributed by atoms with E-state index >= 15 is 0 Å². The normalized spacial score (nSPS) is 22.7. The van der Waals surface area contributed by atoms with Gasteiger partial charge in [0.1, 0.15) is 0 Å². The summed E-state index contributed by atoms with van der Waals surface area (Å²) in [5.74, 6) is 0.0749. The highest BCUT2D eigenvalue weighted by atomic mass is 16.2. The summed E-state index contributed by atoms with van der Waals surface area (Å²) in [4.78, 5) is 29.4. The number of benzene rings is 1. The van der Waals surface area contributed by atoms with Gasteiger partial charge in [-0.2, -0.15) is 0 Å². The minimum absolute atomic E-state index is 0.0196. The van der Waals surface area contributed by atoms with Crippen LogP contribution in [0.15, 0.2) is 36.5 Å². The third-order valence-corrected chi connectivity index (χ3v) is 4.70. The molecule has 5 nitrogen and oxygen atoms in total. The van der Waals surface area contributed by atoms with E-state index in [2.05, 4.69) is 48.4 Å². The van der Waals surface area contributed by atoms with E-state index in [0.29, 0.717) is 0 Å². The number of hydrogen-bond acceptors (Lipinski definition) is 3. The van der Waals surface area contributed by atoms with Gasteiger partial charge in [-0.1, -0.05) is 23.3 Å². The predicted molar refractivity (Wildman–Crippen MR) is 90.5 cm³/mol. The first-order valence-electron chi connectivity index (χ1n) is 8.17. The molecule has 2 aliphatic rings. The predicted octanol–water partition coefficient (Wildman–Crippen LogP) is 2.77. The Morgan fingerprint density at radius 1 is 1.12 bits per heavy atom. The molecular formula is C19H19N3O2. The Morgan fingerprint density at radius 3 is 2.46 bits per heavy atom. The Kier molecular flexibility index (Phi) is 3.37. The highest BCUT2D eigenvalue weighted by Crippen LogP contribution is 2.45. The number of nitrogens with one attached hydrogen (secondary N) is 1. The summed E-state index contributed by atoms with van der Waals surface area (Å²) in [6.07, 6.45) is 2.69. The van der Waals surface area contributed by atoms with E-state index in [-0.39, 0.29) is 30.4 Å². The number of pyridine rings is 1. The number of hydrogen-bond donors (Lipinski definition) is 1. The molecule has 2 heterocycles. The van der Waals surface area contributed by atoms with Gasteiger partial charge >= 0.3 is 6.03 Å². The molecule has 5 heteroatoms. The summed E-state index contributed by atoms with van der Waals surface area (Å²) < 4.78 is 0. The van der Waals surface area contributed by atoms with Crippen molar-refractivity contribution in [2.45, 2.75) is 32.2 Å². The van der Waals surface area contributed by atoms with Crippen LogP contribution in [0, 0.1) is 13.8 Å². The van der Waals surface area contributed by atoms with Crippen molar-refractivity contribution in [2.75, 3.05) is 6.54 Å². The molecule has 0 spiro atoms. The van der Waals surface area contributed by atoms with Crippen molar-refractivity contribution in [1.29, 1.82) is 0 Å². The lowest BCUT2D eigenvalue weighted by atomic mass is 10.0. The fourth-order valence-electron chi connectivity index (χ4n) is 3.51. The van der Waals surface area contributed by atoms with Crippen molar-refractivity contribution in [3.8, 4) is 11.3 Å². The van der Waals surface area contributed by atoms with Crippen LogP contribution < -0.4 is 5.32 Å². The van der Waals surface area contributed by atoms with Crippen LogP contribution in [-0.2, 0) is 4.79 Å². The van der Waals surface area contributed by atoms with Crippen LogP contribution in [0.5, 0.6) is 0 Å². The first-order chi connectivity index (χ1) is 11.5. The monoisotopic (exact) mass is 321 g/mol. The number of carbonyl (C=O) groups excluding carboxylic acids is 2. The fourth-order valence-corrected chi connectivity index (χ4v) is 3.51. The molecule has 0 bridgehead atoms. The van der Waals surface area contributed by atoms with Crippen LogP contribution >= 0.6 is 0 Å². The van der Waals surface area contributed by atoms with E-state index < -0.39 is 0 Å². The zero-order valence-electron chi connectivity index (χ0n) is 13.7. The van der Waals surface area contributed by atoms with Gasteiger partial charge in [-0.25, -0.2) is 4.79 Å². The maximum absolute atomic E-state index is 11.8. The second-order valence-corrected chi connectivity index (χ2v) is 6.69. The molecular weight excluding hydrogens is 302 g/mol. The highest BCUT2D eigenvalue weighted by molar-refractivity contribution is 6.02. The fraction of sp³-hybridized carbons (Fsp3) is 0.316. The van der Waals surface area contributed by atoms with Gasteiger partial charge in [0.2, 0.25) is 5.91 Å². The lowest BCUT2D eigenvalue weighted by Gasteiger charge is -2.12. The van der Waals surface area contributed by atoms with E-state index in [1.165, 1.54) is 16.0 Å². The maximum atomic E-state index is 11.8. The first-order valence-corrected chi connectivity index (χ1v) is 8.17. The first kappa shape index (κ1) is 14.9. The molecule has 122 valence electrons. The summed E-state index contributed by atoms with van der Waals surface area (Å²) in [5.41, 5.74) is 5.58. The molecule has 2 fully saturated rings. The van der Waals surface area contributed by atoms with Crippen LogP contribution in [-0.4, -0.2) is 34.4 Å². The Hall–Kier alpha value is -2.69. The molecule has 1 saturated heterocycles. The molecule has 1 saturated carbocycles. The molecule has 2 unspecified atom stereocenters. The largest absolute Gasteiger partial charge is 0.329 e. The van der Waals surface area contributed by atoms with E-state index in [1.807, 2.05) is 12.3 Å². The van der Waals surface area contributed by atoms with Crippen LogP contribution in [0.4, 0.5) is 4.79 Å². The number of carbonyl (C=O) groups is 2. The Balaban J connectivity index is 1.53. The number of rotatable bonds is 3. The summed E-state index contributed by atoms with van der Waals surface area (Å²) in [5, 5.41) is 2.58. The van der Waals surface area contributed by atoms with Gasteiger partial charge in [-0.15, -0.1) is 0 Å². The molecule has 4 rings (SSSR count). The van der Waals surface area contributed by atoms with Gasteiger partial charge in [-0.05, 0) is 44.0 Å². The molecule has 1 N–H and O–H groups in total. The number of imide groups is 1. The third-order valence-electron chi connectivity index (χ3n) is 4.70. The van der Waals surface area contributed by atoms with E-state index in [4.69, 9.17) is 0 Å². The molecule has 1 aromatic carbocycles. The lowest BCUT2D eigenvalue weighted by Crippen LogP contribution is -2.33. The molecule has 0 radical (unpaired) electrons. The van der Waals surface area contributed by atoms with Gasteiger partial charge in [0.25, 0.3) is 0 Å². The van der Waals surface area contributed by atoms with E-state index in [1.54, 1.807) is 0 Å². The molecule has 1 aliphatic heterocycles. The maximum Gasteiger partial charge on any atom is 0.324 e. The lowest BCUT2D eigenvalue weighted by molar-refractivity contribution is -0.125. The summed E-state index contributed by atoms with van der Waals surface area (Å²) in [6.45, 7) is 4.28. The number of nitrogens with zero attached hydrogens (tertiary/aromatic N) is 2. The van der Waals surface area contributed by atoms with Crippen LogP contribution in [0.1, 0.15) is 29.0 Å². The zero-order chi connectivity index (χ0) is 16.8. The average molecular weight is 321 g/mol. The van der Waals surface area contributed by atoms with Crippen LogP contribution in [0.25, 0.3) is 11.3 Å². The van der Waals surface area contributed by atoms with Crippen LogP contribution in [0.3, 0.4) is 0 Å². The van der Waals surface area contributed by atoms with Gasteiger partial charge in [-0.3, -0.25) is 14.7 Å². The van der Waals surface area contributed by atoms with Crippen molar-refractivity contribution in [1.82, 2.24) is 15.2 Å². The number of aromatic nitrogens is 1. The topological polar surface area (TPSA) is 62.3 Å². The molecule has 2 aromatic rings. The molecule has 2 atom stereocenters. The van der Waals surface area contributed by atoms with Crippen molar-refractivity contribution in [3.05, 3.63) is 53.2 Å². The van der Waals surface area contributed by atoms with Crippen molar-refractivity contribution in [3.63, 3.8) is 0 Å². The minimum atomic E-state index is -0.271. The summed E-state index contributed by atoms with van der Waals surface area (Å²) in [6, 6.07) is 10.2. The van der Waals surface area contributed by atoms with Gasteiger partial charge < -0.3 is 5.32 Å².